The standard InChI is InChI=1S/C32H41F3N6O2SSi/c1-30(2,3)44(42)40-29(22-14-23(15-22)43-45(7,8)31(4,5)6)25-19-36-18-24(38-25)20-12-13-21-17-37-41(26(21)16-20)28-11-9-10-27(39-28)32(33,34)35/h9-13,16-19,22-23,29,40H,14-15H2,1-8H3/t22?,23?,29-,44+/m0/s1. The number of alkyl halides is 3. The maximum absolute atomic E-state index is 13.3. The second-order valence-corrected chi connectivity index (χ2v) is 21.0. The smallest absolute Gasteiger partial charge is 0.414 e. The lowest BCUT2D eigenvalue weighted by atomic mass is 9.76. The Morgan fingerprint density at radius 1 is 1.00 bits per heavy atom. The Labute approximate surface area is 266 Å². The summed E-state index contributed by atoms with van der Waals surface area (Å²) in [6, 6.07) is 8.97. The van der Waals surface area contributed by atoms with Crippen LogP contribution in [0.5, 0.6) is 0 Å². The molecule has 1 saturated carbocycles. The van der Waals surface area contributed by atoms with Gasteiger partial charge in [-0.2, -0.15) is 18.3 Å². The number of pyridine rings is 1. The minimum Gasteiger partial charge on any atom is -0.414 e. The zero-order valence-electron chi connectivity index (χ0n) is 26.9. The van der Waals surface area contributed by atoms with E-state index in [1.54, 1.807) is 18.6 Å². The summed E-state index contributed by atoms with van der Waals surface area (Å²) in [4.78, 5) is 13.3. The fraction of sp³-hybridized carbons (Fsp3) is 0.500. The molecule has 3 heterocycles. The molecule has 0 saturated heterocycles. The highest BCUT2D eigenvalue weighted by Crippen LogP contribution is 2.45. The zero-order valence-corrected chi connectivity index (χ0v) is 28.8. The molecule has 0 aliphatic heterocycles. The molecule has 1 N–H and O–H groups in total. The summed E-state index contributed by atoms with van der Waals surface area (Å²) in [5.74, 6) is 0.219. The highest BCUT2D eigenvalue weighted by molar-refractivity contribution is 7.84. The van der Waals surface area contributed by atoms with Gasteiger partial charge in [-0.3, -0.25) is 4.98 Å². The number of hydrogen-bond acceptors (Lipinski definition) is 6. The fourth-order valence-corrected chi connectivity index (χ4v) is 7.26. The van der Waals surface area contributed by atoms with Gasteiger partial charge in [0.15, 0.2) is 14.1 Å². The van der Waals surface area contributed by atoms with Crippen LogP contribution >= 0.6 is 0 Å². The van der Waals surface area contributed by atoms with Crippen LogP contribution in [0.2, 0.25) is 18.1 Å². The number of halogens is 3. The summed E-state index contributed by atoms with van der Waals surface area (Å²) in [5, 5.41) is 5.16. The number of nitrogens with zero attached hydrogens (tertiary/aromatic N) is 5. The minimum absolute atomic E-state index is 0.0604. The van der Waals surface area contributed by atoms with Gasteiger partial charge in [0.1, 0.15) is 5.69 Å². The summed E-state index contributed by atoms with van der Waals surface area (Å²) in [6.07, 6.45) is 2.17. The first kappa shape index (κ1) is 33.4. The van der Waals surface area contributed by atoms with E-state index in [2.05, 4.69) is 53.7 Å². The van der Waals surface area contributed by atoms with E-state index in [4.69, 9.17) is 9.41 Å². The second kappa shape index (κ2) is 12.0. The molecule has 242 valence electrons. The number of hydrogen-bond donors (Lipinski definition) is 1. The van der Waals surface area contributed by atoms with Gasteiger partial charge in [0.05, 0.1) is 57.3 Å². The van der Waals surface area contributed by atoms with E-state index in [0.29, 0.717) is 22.5 Å². The van der Waals surface area contributed by atoms with Crippen LogP contribution in [0.3, 0.4) is 0 Å². The number of benzene rings is 1. The van der Waals surface area contributed by atoms with Crippen molar-refractivity contribution >= 4 is 30.2 Å². The molecule has 8 nitrogen and oxygen atoms in total. The second-order valence-electron chi connectivity index (χ2n) is 14.2. The van der Waals surface area contributed by atoms with E-state index in [-0.39, 0.29) is 28.9 Å². The lowest BCUT2D eigenvalue weighted by molar-refractivity contribution is -0.141. The van der Waals surface area contributed by atoms with Crippen molar-refractivity contribution in [2.24, 2.45) is 5.92 Å². The van der Waals surface area contributed by atoms with E-state index in [9.17, 15) is 17.4 Å². The molecule has 2 atom stereocenters. The summed E-state index contributed by atoms with van der Waals surface area (Å²) in [6.45, 7) is 17.0. The van der Waals surface area contributed by atoms with Gasteiger partial charge in [0.2, 0.25) is 0 Å². The SMILES string of the molecule is CC(C)(C)[S@@](=O)N[C@H](c1cncc(-c2ccc3cnn(-c4cccc(C(F)(F)F)n4)c3c2)n1)C1CC(O[Si](C)(C)C(C)(C)C)C1. The predicted molar refractivity (Wildman–Crippen MR) is 173 cm³/mol. The van der Waals surface area contributed by atoms with E-state index in [1.807, 2.05) is 39.0 Å². The average Bonchev–Trinajstić information content (AvgIpc) is 3.35. The summed E-state index contributed by atoms with van der Waals surface area (Å²) in [7, 11) is -3.28. The van der Waals surface area contributed by atoms with E-state index < -0.39 is 35.9 Å². The summed E-state index contributed by atoms with van der Waals surface area (Å²) < 4.78 is 64.3. The molecule has 0 radical (unpaired) electrons. The first-order valence-electron chi connectivity index (χ1n) is 15.0. The minimum atomic E-state index is -4.57. The Morgan fingerprint density at radius 3 is 2.36 bits per heavy atom. The van der Waals surface area contributed by atoms with Gasteiger partial charge in [-0.25, -0.2) is 23.6 Å². The highest BCUT2D eigenvalue weighted by atomic mass is 32.2. The zero-order chi connectivity index (χ0) is 32.9. The largest absolute Gasteiger partial charge is 0.433 e. The summed E-state index contributed by atoms with van der Waals surface area (Å²) in [5.41, 5.74) is 1.57. The summed E-state index contributed by atoms with van der Waals surface area (Å²) >= 11 is 0. The van der Waals surface area contributed by atoms with Crippen molar-refractivity contribution < 1.29 is 21.8 Å². The Hall–Kier alpha value is -3.00. The Bertz CT molecular complexity index is 1710. The van der Waals surface area contributed by atoms with E-state index in [0.717, 1.165) is 24.3 Å². The van der Waals surface area contributed by atoms with E-state index >= 15 is 0 Å². The first-order chi connectivity index (χ1) is 20.8. The highest BCUT2D eigenvalue weighted by Gasteiger charge is 2.45. The van der Waals surface area contributed by atoms with Crippen LogP contribution in [0.15, 0.2) is 55.0 Å². The van der Waals surface area contributed by atoms with Gasteiger partial charge in [-0.05, 0) is 75.9 Å². The Morgan fingerprint density at radius 2 is 1.71 bits per heavy atom. The molecule has 1 aromatic carbocycles. The number of rotatable bonds is 8. The monoisotopic (exact) mass is 658 g/mol. The molecule has 0 bridgehead atoms. The lowest BCUT2D eigenvalue weighted by Crippen LogP contribution is -2.50. The van der Waals surface area contributed by atoms with Gasteiger partial charge in [-0.15, -0.1) is 0 Å². The normalized spacial score (nSPS) is 19.4. The molecule has 4 aromatic rings. The Kier molecular flexibility index (Phi) is 8.88. The third-order valence-electron chi connectivity index (χ3n) is 8.74. The Balaban J connectivity index is 1.45. The lowest BCUT2D eigenvalue weighted by Gasteiger charge is -2.47. The van der Waals surface area contributed by atoms with Crippen molar-refractivity contribution in [3.63, 3.8) is 0 Å². The van der Waals surface area contributed by atoms with E-state index in [1.165, 1.54) is 16.8 Å². The molecule has 3 aromatic heterocycles. The quantitative estimate of drug-likeness (QED) is 0.194. The molecule has 0 spiro atoms. The van der Waals surface area contributed by atoms with Crippen molar-refractivity contribution in [2.45, 2.75) is 95.6 Å². The molecule has 0 amide bonds. The predicted octanol–water partition coefficient (Wildman–Crippen LogP) is 7.79. The van der Waals surface area contributed by atoms with Crippen LogP contribution in [-0.2, 0) is 21.6 Å². The van der Waals surface area contributed by atoms with Crippen LogP contribution in [0.1, 0.15) is 71.8 Å². The number of aromatic nitrogens is 5. The van der Waals surface area contributed by atoms with Crippen LogP contribution in [0, 0.1) is 5.92 Å². The molecular formula is C32H41F3N6O2SSi. The van der Waals surface area contributed by atoms with Crippen LogP contribution in [0.4, 0.5) is 13.2 Å². The molecule has 0 unspecified atom stereocenters. The number of fused-ring (bicyclic) bond motifs is 1. The number of nitrogens with one attached hydrogen (secondary N) is 1. The van der Waals surface area contributed by atoms with Gasteiger partial charge < -0.3 is 4.43 Å². The molecule has 13 heteroatoms. The van der Waals surface area contributed by atoms with Crippen molar-refractivity contribution in [2.75, 3.05) is 0 Å². The molecule has 1 aliphatic carbocycles. The maximum atomic E-state index is 13.3. The molecule has 5 rings (SSSR count). The third kappa shape index (κ3) is 7.21. The average molecular weight is 659 g/mol. The van der Waals surface area contributed by atoms with Crippen molar-refractivity contribution in [1.82, 2.24) is 29.5 Å². The van der Waals surface area contributed by atoms with Gasteiger partial charge in [0.25, 0.3) is 0 Å². The molecular weight excluding hydrogens is 618 g/mol. The van der Waals surface area contributed by atoms with Crippen LogP contribution in [-0.4, -0.2) is 48.1 Å². The molecule has 45 heavy (non-hydrogen) atoms. The third-order valence-corrected chi connectivity index (χ3v) is 14.9. The van der Waals surface area contributed by atoms with Crippen molar-refractivity contribution in [3.8, 4) is 17.1 Å². The molecule has 1 aliphatic rings. The van der Waals surface area contributed by atoms with Gasteiger partial charge in [-0.1, -0.05) is 39.0 Å². The fourth-order valence-electron chi connectivity index (χ4n) is 4.99. The van der Waals surface area contributed by atoms with Gasteiger partial charge >= 0.3 is 6.18 Å². The van der Waals surface area contributed by atoms with Crippen LogP contribution < -0.4 is 4.72 Å². The maximum Gasteiger partial charge on any atom is 0.433 e. The topological polar surface area (TPSA) is 94.8 Å². The van der Waals surface area contributed by atoms with Crippen molar-refractivity contribution in [1.29, 1.82) is 0 Å². The van der Waals surface area contributed by atoms with Gasteiger partial charge in [0, 0.05) is 17.1 Å². The molecule has 1 fully saturated rings. The van der Waals surface area contributed by atoms with Crippen molar-refractivity contribution in [3.05, 3.63) is 66.4 Å². The van der Waals surface area contributed by atoms with Crippen LogP contribution in [0.25, 0.3) is 28.0 Å². The first-order valence-corrected chi connectivity index (χ1v) is 19.1.